The van der Waals surface area contributed by atoms with E-state index in [1.54, 1.807) is 0 Å². The Kier molecular flexibility index (Phi) is 6.76. The lowest BCUT2D eigenvalue weighted by atomic mass is 9.75. The molecule has 2 aromatic carbocycles. The molecule has 5 rings (SSSR count). The molecule has 0 bridgehead atoms. The third-order valence-electron chi connectivity index (χ3n) is 7.07. The number of sulfone groups is 1. The number of thioether (sulfide) groups is 1. The van der Waals surface area contributed by atoms with Crippen LogP contribution in [-0.4, -0.2) is 51.2 Å². The maximum Gasteiger partial charge on any atom is 0.233 e. The molecular formula is C24H24ClF2NO5S2. The van der Waals surface area contributed by atoms with Crippen molar-refractivity contribution in [2.75, 3.05) is 25.5 Å². The van der Waals surface area contributed by atoms with Gasteiger partial charge in [-0.1, -0.05) is 11.6 Å². The molecule has 0 spiro atoms. The Labute approximate surface area is 211 Å². The number of rotatable bonds is 6. The predicted octanol–water partition coefficient (Wildman–Crippen LogP) is 4.10. The van der Waals surface area contributed by atoms with Gasteiger partial charge < -0.3 is 14.8 Å². The Bertz CT molecular complexity index is 1240. The lowest BCUT2D eigenvalue weighted by Crippen LogP contribution is -2.57. The maximum absolute atomic E-state index is 15.4. The molecule has 1 N–H and O–H groups in total. The molecule has 1 amide bonds. The molecule has 2 aromatic rings. The number of benzene rings is 2. The number of carbonyl (C=O) groups excluding carboxylic acids is 1. The van der Waals surface area contributed by atoms with E-state index in [9.17, 15) is 17.6 Å². The third kappa shape index (κ3) is 4.12. The van der Waals surface area contributed by atoms with E-state index < -0.39 is 38.2 Å². The zero-order chi connectivity index (χ0) is 24.8. The van der Waals surface area contributed by atoms with E-state index in [-0.39, 0.29) is 47.0 Å². The second-order valence-corrected chi connectivity index (χ2v) is 12.8. The van der Waals surface area contributed by atoms with Crippen molar-refractivity contribution in [1.29, 1.82) is 0 Å². The van der Waals surface area contributed by atoms with Gasteiger partial charge in [-0.05, 0) is 61.4 Å². The zero-order valence-corrected chi connectivity index (χ0v) is 21.0. The molecule has 2 saturated heterocycles. The van der Waals surface area contributed by atoms with E-state index in [1.807, 2.05) is 0 Å². The lowest BCUT2D eigenvalue weighted by molar-refractivity contribution is -0.118. The van der Waals surface area contributed by atoms with Gasteiger partial charge in [0.25, 0.3) is 0 Å². The largest absolute Gasteiger partial charge is 0.490 e. The summed E-state index contributed by atoms with van der Waals surface area (Å²) in [4.78, 5) is 11.9. The van der Waals surface area contributed by atoms with Crippen LogP contribution >= 0.6 is 23.4 Å². The van der Waals surface area contributed by atoms with Crippen molar-refractivity contribution in [1.82, 2.24) is 5.32 Å². The number of ether oxygens (including phenoxy) is 2. The summed E-state index contributed by atoms with van der Waals surface area (Å²) in [5, 5.41) is 3.00. The summed E-state index contributed by atoms with van der Waals surface area (Å²) in [5.41, 5.74) is -0.278. The number of hydrogen-bond donors (Lipinski definition) is 1. The van der Waals surface area contributed by atoms with Crippen LogP contribution in [-0.2, 0) is 24.1 Å². The number of hydrogen-bond acceptors (Lipinski definition) is 6. The molecule has 188 valence electrons. The molecule has 4 atom stereocenters. The summed E-state index contributed by atoms with van der Waals surface area (Å²) in [6.45, 7) is 0.550. The first-order chi connectivity index (χ1) is 16.8. The Morgan fingerprint density at radius 1 is 1.14 bits per heavy atom. The van der Waals surface area contributed by atoms with Crippen molar-refractivity contribution in [3.05, 3.63) is 58.6 Å². The van der Waals surface area contributed by atoms with Gasteiger partial charge in [0.05, 0.1) is 28.4 Å². The molecule has 11 heteroatoms. The molecule has 0 aromatic heterocycles. The van der Waals surface area contributed by atoms with E-state index >= 15 is 4.39 Å². The number of carbonyl (C=O) groups is 1. The first-order valence-electron chi connectivity index (χ1n) is 11.4. The Hall–Kier alpha value is -1.88. The fourth-order valence-electron chi connectivity index (χ4n) is 5.39. The third-order valence-corrected chi connectivity index (χ3v) is 11.2. The fourth-order valence-corrected chi connectivity index (χ4v) is 9.03. The first kappa shape index (κ1) is 24.8. The van der Waals surface area contributed by atoms with Crippen molar-refractivity contribution in [2.24, 2.45) is 5.92 Å². The molecule has 0 saturated carbocycles. The van der Waals surface area contributed by atoms with Crippen LogP contribution in [0, 0.1) is 17.6 Å². The molecule has 0 radical (unpaired) electrons. The summed E-state index contributed by atoms with van der Waals surface area (Å²) < 4.78 is 68.5. The zero-order valence-electron chi connectivity index (χ0n) is 18.6. The van der Waals surface area contributed by atoms with Gasteiger partial charge in [-0.15, -0.1) is 11.8 Å². The highest BCUT2D eigenvalue weighted by molar-refractivity contribution is 8.00. The smallest absolute Gasteiger partial charge is 0.233 e. The second kappa shape index (κ2) is 9.53. The summed E-state index contributed by atoms with van der Waals surface area (Å²) >= 11 is 7.47. The van der Waals surface area contributed by atoms with Gasteiger partial charge in [0.1, 0.15) is 10.6 Å². The second-order valence-electron chi connectivity index (χ2n) is 8.88. The molecule has 2 fully saturated rings. The van der Waals surface area contributed by atoms with E-state index in [0.29, 0.717) is 23.7 Å². The van der Waals surface area contributed by atoms with Crippen LogP contribution in [0.15, 0.2) is 41.3 Å². The number of halogens is 3. The molecule has 0 aliphatic carbocycles. The predicted molar refractivity (Wildman–Crippen MR) is 129 cm³/mol. The highest BCUT2D eigenvalue weighted by Gasteiger charge is 2.61. The molecular weight excluding hydrogens is 520 g/mol. The average Bonchev–Trinajstić information content (AvgIpc) is 3.25. The minimum absolute atomic E-state index is 0.00769. The summed E-state index contributed by atoms with van der Waals surface area (Å²) in [6, 6.07) is 7.57. The molecule has 0 unspecified atom stereocenters. The number of amides is 1. The van der Waals surface area contributed by atoms with Gasteiger partial charge in [-0.2, -0.15) is 0 Å². The van der Waals surface area contributed by atoms with Crippen LogP contribution in [0.1, 0.15) is 24.8 Å². The van der Waals surface area contributed by atoms with E-state index in [4.69, 9.17) is 21.1 Å². The standard InChI is InChI=1S/C24H24ClF2NO5S2/c25-14-1-3-15(4-2-14)35(30,31)24-9-11-32-19(8-12-34-20-7-10-28-23(20)29)16(24)13-33-22-18(27)6-5-17(26)21(22)24/h1-6,16,19-20H,7-13H2,(H,28,29)/t16-,19-,20+,24-/m0/s1. The molecule has 3 heterocycles. The normalized spacial score (nSPS) is 28.1. The van der Waals surface area contributed by atoms with Crippen LogP contribution in [0.3, 0.4) is 0 Å². The van der Waals surface area contributed by atoms with Crippen LogP contribution < -0.4 is 10.1 Å². The number of fused-ring (bicyclic) bond motifs is 3. The molecule has 3 aliphatic rings. The average molecular weight is 544 g/mol. The molecule has 3 aliphatic heterocycles. The Morgan fingerprint density at radius 3 is 2.60 bits per heavy atom. The summed E-state index contributed by atoms with van der Waals surface area (Å²) in [6.07, 6.45) is 0.535. The van der Waals surface area contributed by atoms with Gasteiger partial charge in [0.2, 0.25) is 5.91 Å². The molecule has 35 heavy (non-hydrogen) atoms. The number of nitrogens with one attached hydrogen (secondary N) is 1. The molecule has 6 nitrogen and oxygen atoms in total. The van der Waals surface area contributed by atoms with Crippen molar-refractivity contribution >= 4 is 39.1 Å². The lowest BCUT2D eigenvalue weighted by Gasteiger charge is -2.50. The van der Waals surface area contributed by atoms with E-state index in [1.165, 1.54) is 36.0 Å². The summed E-state index contributed by atoms with van der Waals surface area (Å²) in [5.74, 6) is -2.24. The Morgan fingerprint density at radius 2 is 1.89 bits per heavy atom. The van der Waals surface area contributed by atoms with Crippen molar-refractivity contribution in [3.8, 4) is 5.75 Å². The Balaban J connectivity index is 1.56. The van der Waals surface area contributed by atoms with E-state index in [2.05, 4.69) is 5.32 Å². The monoisotopic (exact) mass is 543 g/mol. The van der Waals surface area contributed by atoms with Gasteiger partial charge in [0, 0.05) is 24.1 Å². The highest BCUT2D eigenvalue weighted by atomic mass is 35.5. The van der Waals surface area contributed by atoms with E-state index in [0.717, 1.165) is 18.6 Å². The van der Waals surface area contributed by atoms with Crippen LogP contribution in [0.2, 0.25) is 5.02 Å². The van der Waals surface area contributed by atoms with Crippen LogP contribution in [0.5, 0.6) is 5.75 Å². The van der Waals surface area contributed by atoms with Gasteiger partial charge in [-0.3, -0.25) is 4.79 Å². The first-order valence-corrected chi connectivity index (χ1v) is 14.3. The van der Waals surface area contributed by atoms with Crippen molar-refractivity contribution in [2.45, 2.75) is 40.3 Å². The maximum atomic E-state index is 15.4. The van der Waals surface area contributed by atoms with Crippen molar-refractivity contribution < 1.29 is 31.5 Å². The topological polar surface area (TPSA) is 81.7 Å². The quantitative estimate of drug-likeness (QED) is 0.591. The minimum Gasteiger partial charge on any atom is -0.490 e. The van der Waals surface area contributed by atoms with Crippen LogP contribution in [0.4, 0.5) is 8.78 Å². The highest BCUT2D eigenvalue weighted by Crippen LogP contribution is 2.56. The summed E-state index contributed by atoms with van der Waals surface area (Å²) in [7, 11) is -4.23. The van der Waals surface area contributed by atoms with Gasteiger partial charge in [-0.25, -0.2) is 17.2 Å². The van der Waals surface area contributed by atoms with Gasteiger partial charge in [0.15, 0.2) is 21.4 Å². The van der Waals surface area contributed by atoms with Gasteiger partial charge >= 0.3 is 0 Å². The minimum atomic E-state index is -4.23. The SMILES string of the molecule is O=C1NCC[C@H]1SCC[C@@H]1OCC[C@@]2(S(=O)(=O)c3ccc(Cl)cc3)c3c(F)ccc(F)c3OC[C@@H]12. The van der Waals surface area contributed by atoms with Crippen molar-refractivity contribution in [3.63, 3.8) is 0 Å². The fraction of sp³-hybridized carbons (Fsp3) is 0.458. The van der Waals surface area contributed by atoms with Crippen LogP contribution in [0.25, 0.3) is 0 Å².